The molecule has 16 heavy (non-hydrogen) atoms. The maximum Gasteiger partial charge on any atom is 0.328 e. The average molecular weight is 309 g/mol. The van der Waals surface area contributed by atoms with Crippen LogP contribution in [-0.2, 0) is 9.53 Å². The maximum absolute atomic E-state index is 10.9. The Kier molecular flexibility index (Phi) is 5.05. The van der Waals surface area contributed by atoms with E-state index in [1.807, 2.05) is 0 Å². The summed E-state index contributed by atoms with van der Waals surface area (Å²) in [6, 6.07) is 4.32. The van der Waals surface area contributed by atoms with E-state index in [0.29, 0.717) is 15.2 Å². The van der Waals surface area contributed by atoms with Crippen LogP contribution in [0.5, 0.6) is 0 Å². The molecule has 1 aromatic rings. The Morgan fingerprint density at radius 2 is 2.38 bits per heavy atom. The third-order valence-electron chi connectivity index (χ3n) is 1.89. The molecule has 4 nitrogen and oxygen atoms in total. The topological polar surface area (TPSA) is 58.6 Å². The van der Waals surface area contributed by atoms with Crippen LogP contribution in [0.3, 0.4) is 0 Å². The summed E-state index contributed by atoms with van der Waals surface area (Å²) in [7, 11) is 1.45. The van der Waals surface area contributed by atoms with E-state index in [1.54, 1.807) is 18.2 Å². The SMILES string of the molecule is COCC(Nc1ccc(Cl)c(Br)c1)C(=O)O. The van der Waals surface area contributed by atoms with Crippen molar-refractivity contribution in [1.29, 1.82) is 0 Å². The molecule has 0 amide bonds. The average Bonchev–Trinajstić information content (AvgIpc) is 2.22. The minimum Gasteiger partial charge on any atom is -0.480 e. The van der Waals surface area contributed by atoms with Crippen LogP contribution < -0.4 is 5.32 Å². The summed E-state index contributed by atoms with van der Waals surface area (Å²) in [6.07, 6.45) is 0. The van der Waals surface area contributed by atoms with Crippen molar-refractivity contribution in [3.05, 3.63) is 27.7 Å². The molecule has 0 aliphatic carbocycles. The molecule has 1 atom stereocenters. The van der Waals surface area contributed by atoms with Crippen LogP contribution in [0.2, 0.25) is 5.02 Å². The van der Waals surface area contributed by atoms with Crippen molar-refractivity contribution in [3.63, 3.8) is 0 Å². The summed E-state index contributed by atoms with van der Waals surface area (Å²) in [5.74, 6) is -0.965. The zero-order valence-corrected chi connectivity index (χ0v) is 10.9. The third-order valence-corrected chi connectivity index (χ3v) is 3.11. The number of rotatable bonds is 5. The molecule has 0 saturated heterocycles. The molecule has 88 valence electrons. The lowest BCUT2D eigenvalue weighted by Gasteiger charge is -2.15. The number of carboxylic acid groups (broad SMARTS) is 1. The van der Waals surface area contributed by atoms with Crippen LogP contribution in [0.15, 0.2) is 22.7 Å². The van der Waals surface area contributed by atoms with E-state index in [9.17, 15) is 4.79 Å². The van der Waals surface area contributed by atoms with Gasteiger partial charge in [0, 0.05) is 17.3 Å². The van der Waals surface area contributed by atoms with Gasteiger partial charge in [-0.15, -0.1) is 0 Å². The van der Waals surface area contributed by atoms with E-state index in [1.165, 1.54) is 7.11 Å². The molecular formula is C10H11BrClNO3. The number of carboxylic acids is 1. The number of benzene rings is 1. The van der Waals surface area contributed by atoms with Crippen molar-refractivity contribution in [2.45, 2.75) is 6.04 Å². The molecule has 2 N–H and O–H groups in total. The smallest absolute Gasteiger partial charge is 0.328 e. The minimum atomic E-state index is -0.965. The second-order valence-corrected chi connectivity index (χ2v) is 4.38. The Hall–Kier alpha value is -0.780. The van der Waals surface area contributed by atoms with Crippen LogP contribution >= 0.6 is 27.5 Å². The number of carbonyl (C=O) groups is 1. The lowest BCUT2D eigenvalue weighted by atomic mass is 10.2. The normalized spacial score (nSPS) is 12.2. The first-order chi connectivity index (χ1) is 7.54. The Labute approximate surface area is 107 Å². The molecule has 0 radical (unpaired) electrons. The fourth-order valence-electron chi connectivity index (χ4n) is 1.13. The molecule has 0 spiro atoms. The van der Waals surface area contributed by atoms with Gasteiger partial charge in [-0.2, -0.15) is 0 Å². The highest BCUT2D eigenvalue weighted by Gasteiger charge is 2.16. The third kappa shape index (κ3) is 3.66. The predicted octanol–water partition coefficient (Wildman–Crippen LogP) is 2.61. The first-order valence-electron chi connectivity index (χ1n) is 4.48. The number of ether oxygens (including phenoxy) is 1. The summed E-state index contributed by atoms with van der Waals surface area (Å²) in [4.78, 5) is 10.9. The quantitative estimate of drug-likeness (QED) is 0.878. The molecule has 0 aromatic heterocycles. The molecule has 6 heteroatoms. The molecule has 1 unspecified atom stereocenters. The maximum atomic E-state index is 10.9. The highest BCUT2D eigenvalue weighted by atomic mass is 79.9. The Morgan fingerprint density at radius 3 is 2.88 bits per heavy atom. The monoisotopic (exact) mass is 307 g/mol. The number of nitrogens with one attached hydrogen (secondary N) is 1. The predicted molar refractivity (Wildman–Crippen MR) is 66.1 cm³/mol. The van der Waals surface area contributed by atoms with Crippen molar-refractivity contribution in [1.82, 2.24) is 0 Å². The summed E-state index contributed by atoms with van der Waals surface area (Å²) in [5.41, 5.74) is 0.667. The Balaban J connectivity index is 2.77. The molecule has 0 bridgehead atoms. The first-order valence-corrected chi connectivity index (χ1v) is 5.65. The molecular weight excluding hydrogens is 297 g/mol. The number of hydrogen-bond donors (Lipinski definition) is 2. The first kappa shape index (κ1) is 13.3. The van der Waals surface area contributed by atoms with Crippen LogP contribution in [-0.4, -0.2) is 30.8 Å². The van der Waals surface area contributed by atoms with Crippen LogP contribution in [0.1, 0.15) is 0 Å². The standard InChI is InChI=1S/C10H11BrClNO3/c1-16-5-9(10(14)15)13-6-2-3-8(12)7(11)4-6/h2-4,9,13H,5H2,1H3,(H,14,15). The van der Waals surface area contributed by atoms with E-state index in [-0.39, 0.29) is 6.61 Å². The molecule has 1 aromatic carbocycles. The lowest BCUT2D eigenvalue weighted by Crippen LogP contribution is -2.33. The number of halogens is 2. The van der Waals surface area contributed by atoms with E-state index >= 15 is 0 Å². The fraction of sp³-hybridized carbons (Fsp3) is 0.300. The van der Waals surface area contributed by atoms with Crippen molar-refractivity contribution >= 4 is 39.2 Å². The molecule has 0 aliphatic rings. The van der Waals surface area contributed by atoms with Gasteiger partial charge in [-0.3, -0.25) is 0 Å². The second kappa shape index (κ2) is 6.08. The second-order valence-electron chi connectivity index (χ2n) is 3.12. The number of methoxy groups -OCH3 is 1. The molecule has 0 heterocycles. The van der Waals surface area contributed by atoms with Crippen LogP contribution in [0.25, 0.3) is 0 Å². The van der Waals surface area contributed by atoms with Gasteiger partial charge in [0.15, 0.2) is 0 Å². The van der Waals surface area contributed by atoms with E-state index in [2.05, 4.69) is 21.2 Å². The Bertz CT molecular complexity index is 386. The Morgan fingerprint density at radius 1 is 1.69 bits per heavy atom. The number of aliphatic carboxylic acids is 1. The highest BCUT2D eigenvalue weighted by molar-refractivity contribution is 9.10. The van der Waals surface area contributed by atoms with Gasteiger partial charge in [-0.25, -0.2) is 4.79 Å². The fourth-order valence-corrected chi connectivity index (χ4v) is 1.62. The van der Waals surface area contributed by atoms with Crippen molar-refractivity contribution in [2.75, 3.05) is 19.0 Å². The summed E-state index contributed by atoms with van der Waals surface area (Å²) in [6.45, 7) is 0.0928. The van der Waals surface area contributed by atoms with Gasteiger partial charge < -0.3 is 15.2 Å². The molecule has 0 saturated carbocycles. The minimum absolute atomic E-state index is 0.0928. The zero-order valence-electron chi connectivity index (χ0n) is 8.54. The molecule has 1 rings (SSSR count). The van der Waals surface area contributed by atoms with Crippen LogP contribution in [0, 0.1) is 0 Å². The van der Waals surface area contributed by atoms with Gasteiger partial charge in [-0.05, 0) is 34.1 Å². The number of hydrogen-bond acceptors (Lipinski definition) is 3. The number of anilines is 1. The summed E-state index contributed by atoms with van der Waals surface area (Å²) in [5, 5.41) is 12.3. The molecule has 0 fully saturated rings. The zero-order chi connectivity index (χ0) is 12.1. The van der Waals surface area contributed by atoms with Crippen molar-refractivity contribution in [2.24, 2.45) is 0 Å². The largest absolute Gasteiger partial charge is 0.480 e. The summed E-state index contributed by atoms with van der Waals surface area (Å²) < 4.78 is 5.52. The van der Waals surface area contributed by atoms with E-state index < -0.39 is 12.0 Å². The van der Waals surface area contributed by atoms with Gasteiger partial charge in [0.1, 0.15) is 6.04 Å². The van der Waals surface area contributed by atoms with Crippen molar-refractivity contribution < 1.29 is 14.6 Å². The summed E-state index contributed by atoms with van der Waals surface area (Å²) >= 11 is 9.09. The van der Waals surface area contributed by atoms with Crippen molar-refractivity contribution in [3.8, 4) is 0 Å². The van der Waals surface area contributed by atoms with Crippen LogP contribution in [0.4, 0.5) is 5.69 Å². The van der Waals surface area contributed by atoms with Gasteiger partial charge in [0.25, 0.3) is 0 Å². The van der Waals surface area contributed by atoms with Gasteiger partial charge in [-0.1, -0.05) is 11.6 Å². The lowest BCUT2D eigenvalue weighted by molar-refractivity contribution is -0.139. The van der Waals surface area contributed by atoms with Gasteiger partial charge in [0.2, 0.25) is 0 Å². The van der Waals surface area contributed by atoms with E-state index in [0.717, 1.165) is 0 Å². The highest BCUT2D eigenvalue weighted by Crippen LogP contribution is 2.25. The molecule has 0 aliphatic heterocycles. The van der Waals surface area contributed by atoms with Gasteiger partial charge >= 0.3 is 5.97 Å². The van der Waals surface area contributed by atoms with E-state index in [4.69, 9.17) is 21.4 Å². The van der Waals surface area contributed by atoms with Gasteiger partial charge in [0.05, 0.1) is 11.6 Å².